The number of nitrogens with zero attached hydrogens (tertiary/aromatic N) is 1. The van der Waals surface area contributed by atoms with E-state index >= 15 is 0 Å². The van der Waals surface area contributed by atoms with Crippen molar-refractivity contribution in [1.29, 1.82) is 0 Å². The van der Waals surface area contributed by atoms with Gasteiger partial charge in [0.2, 0.25) is 0 Å². The van der Waals surface area contributed by atoms with Gasteiger partial charge in [-0.25, -0.2) is 0 Å². The van der Waals surface area contributed by atoms with E-state index in [1.54, 1.807) is 0 Å². The van der Waals surface area contributed by atoms with Crippen molar-refractivity contribution >= 4 is 0 Å². The van der Waals surface area contributed by atoms with Crippen LogP contribution in [0, 0.1) is 12.8 Å². The van der Waals surface area contributed by atoms with Crippen LogP contribution in [-0.4, -0.2) is 30.7 Å². The lowest BCUT2D eigenvalue weighted by molar-refractivity contribution is -0.148. The van der Waals surface area contributed by atoms with E-state index in [2.05, 4.69) is 6.92 Å². The van der Waals surface area contributed by atoms with Crippen LogP contribution in [0.3, 0.4) is 0 Å². The molecule has 0 N–H and O–H groups in total. The third-order valence-corrected chi connectivity index (χ3v) is 2.11. The summed E-state index contributed by atoms with van der Waals surface area (Å²) in [5.41, 5.74) is 0. The van der Waals surface area contributed by atoms with Gasteiger partial charge in [-0.3, -0.25) is 4.90 Å². The minimum atomic E-state index is -4.05. The first kappa shape index (κ1) is 9.84. The fraction of sp³-hybridized carbons (Fsp3) is 0.875. The van der Waals surface area contributed by atoms with E-state index in [0.29, 0.717) is 19.0 Å². The number of piperidine rings is 1. The smallest absolute Gasteiger partial charge is 0.295 e. The zero-order chi connectivity index (χ0) is 9.19. The highest BCUT2D eigenvalue weighted by Gasteiger charge is 2.31. The quantitative estimate of drug-likeness (QED) is 0.597. The molecule has 1 nitrogen and oxygen atoms in total. The maximum Gasteiger partial charge on any atom is 0.401 e. The molecule has 12 heavy (non-hydrogen) atoms. The Bertz CT molecular complexity index is 136. The molecule has 1 fully saturated rings. The zero-order valence-corrected chi connectivity index (χ0v) is 6.90. The van der Waals surface area contributed by atoms with Crippen LogP contribution in [0.15, 0.2) is 0 Å². The lowest BCUT2D eigenvalue weighted by atomic mass is 9.99. The average molecular weight is 180 g/mol. The Balaban J connectivity index is 2.26. The fourth-order valence-corrected chi connectivity index (χ4v) is 1.40. The Kier molecular flexibility index (Phi) is 2.99. The van der Waals surface area contributed by atoms with Gasteiger partial charge in [0.25, 0.3) is 0 Å². The van der Waals surface area contributed by atoms with Crippen molar-refractivity contribution in [3.8, 4) is 0 Å². The van der Waals surface area contributed by atoms with Crippen molar-refractivity contribution in [2.24, 2.45) is 5.92 Å². The van der Waals surface area contributed by atoms with Gasteiger partial charge >= 0.3 is 6.18 Å². The molecule has 0 aliphatic carbocycles. The van der Waals surface area contributed by atoms with Gasteiger partial charge in [-0.05, 0) is 31.8 Å². The van der Waals surface area contributed by atoms with Crippen LogP contribution >= 0.6 is 0 Å². The zero-order valence-electron chi connectivity index (χ0n) is 6.90. The summed E-state index contributed by atoms with van der Waals surface area (Å²) in [5.74, 6) is 0.342. The van der Waals surface area contributed by atoms with Crippen LogP contribution < -0.4 is 0 Å². The van der Waals surface area contributed by atoms with E-state index in [1.807, 2.05) is 0 Å². The first-order chi connectivity index (χ1) is 5.47. The van der Waals surface area contributed by atoms with Crippen molar-refractivity contribution in [2.75, 3.05) is 19.6 Å². The molecule has 71 valence electrons. The van der Waals surface area contributed by atoms with Crippen molar-refractivity contribution in [3.63, 3.8) is 0 Å². The Morgan fingerprint density at radius 2 is 1.75 bits per heavy atom. The minimum Gasteiger partial charge on any atom is -0.295 e. The van der Waals surface area contributed by atoms with Crippen LogP contribution in [0.2, 0.25) is 0 Å². The predicted molar refractivity (Wildman–Crippen MR) is 40.6 cm³/mol. The van der Waals surface area contributed by atoms with E-state index in [9.17, 15) is 13.2 Å². The first-order valence-corrected chi connectivity index (χ1v) is 4.09. The Morgan fingerprint density at radius 3 is 2.17 bits per heavy atom. The minimum absolute atomic E-state index is 0.342. The van der Waals surface area contributed by atoms with Crippen LogP contribution in [0.5, 0.6) is 0 Å². The molecular weight excluding hydrogens is 167 g/mol. The average Bonchev–Trinajstić information content (AvgIpc) is 1.91. The molecule has 1 aliphatic heterocycles. The number of rotatable bonds is 1. The highest BCUT2D eigenvalue weighted by atomic mass is 19.4. The molecule has 1 heterocycles. The van der Waals surface area contributed by atoms with E-state index in [0.717, 1.165) is 12.8 Å². The summed E-state index contributed by atoms with van der Waals surface area (Å²) in [7, 11) is 0. The molecule has 0 amide bonds. The summed E-state index contributed by atoms with van der Waals surface area (Å²) in [5, 5.41) is 0. The summed E-state index contributed by atoms with van der Waals surface area (Å²) in [4.78, 5) is 1.45. The molecule has 0 saturated carbocycles. The van der Waals surface area contributed by atoms with Crippen molar-refractivity contribution in [1.82, 2.24) is 4.90 Å². The van der Waals surface area contributed by atoms with Crippen LogP contribution in [0.25, 0.3) is 0 Å². The summed E-state index contributed by atoms with van der Waals surface area (Å²) >= 11 is 0. The van der Waals surface area contributed by atoms with E-state index in [4.69, 9.17) is 0 Å². The van der Waals surface area contributed by atoms with E-state index in [-0.39, 0.29) is 0 Å². The van der Waals surface area contributed by atoms with Crippen LogP contribution in [0.4, 0.5) is 13.2 Å². The van der Waals surface area contributed by atoms with Crippen molar-refractivity contribution < 1.29 is 13.2 Å². The number of likely N-dealkylation sites (tertiary alicyclic amines) is 1. The lowest BCUT2D eigenvalue weighted by Gasteiger charge is -2.30. The Labute approximate surface area is 70.5 Å². The largest absolute Gasteiger partial charge is 0.401 e. The molecule has 0 unspecified atom stereocenters. The highest BCUT2D eigenvalue weighted by molar-refractivity contribution is 4.74. The molecule has 4 heteroatoms. The maximum atomic E-state index is 11.9. The predicted octanol–water partition coefficient (Wildman–Crippen LogP) is 2.09. The molecule has 0 atom stereocenters. The summed E-state index contributed by atoms with van der Waals surface area (Å²) in [6, 6.07) is 0. The van der Waals surface area contributed by atoms with Crippen LogP contribution in [-0.2, 0) is 0 Å². The molecule has 1 radical (unpaired) electrons. The standard InChI is InChI=1S/C8H13F3N/c1-7-2-4-12(5-3-7)6-8(9,10)11/h7H,1-6H2. The first-order valence-electron chi connectivity index (χ1n) is 4.09. The Morgan fingerprint density at radius 1 is 1.25 bits per heavy atom. The van der Waals surface area contributed by atoms with Crippen molar-refractivity contribution in [2.45, 2.75) is 19.0 Å². The van der Waals surface area contributed by atoms with Gasteiger partial charge in [0, 0.05) is 0 Å². The van der Waals surface area contributed by atoms with Gasteiger partial charge in [0.05, 0.1) is 6.54 Å². The molecule has 0 bridgehead atoms. The Hall–Kier alpha value is -0.250. The van der Waals surface area contributed by atoms with Gasteiger partial charge in [-0.15, -0.1) is 0 Å². The van der Waals surface area contributed by atoms with E-state index in [1.165, 1.54) is 4.90 Å². The van der Waals surface area contributed by atoms with Crippen molar-refractivity contribution in [3.05, 3.63) is 6.92 Å². The van der Waals surface area contributed by atoms with Gasteiger partial charge in [0.15, 0.2) is 0 Å². The second kappa shape index (κ2) is 3.64. The fourth-order valence-electron chi connectivity index (χ4n) is 1.40. The molecule has 0 aromatic heterocycles. The SMILES string of the molecule is [CH2]C1CCN(CC(F)(F)F)CC1. The molecule has 1 rings (SSSR count). The molecule has 0 spiro atoms. The third-order valence-electron chi connectivity index (χ3n) is 2.11. The third kappa shape index (κ3) is 3.43. The second-order valence-corrected chi connectivity index (χ2v) is 3.33. The summed E-state index contributed by atoms with van der Waals surface area (Å²) in [6.45, 7) is 4.13. The number of alkyl halides is 3. The highest BCUT2D eigenvalue weighted by Crippen LogP contribution is 2.21. The summed E-state index contributed by atoms with van der Waals surface area (Å²) < 4.78 is 35.6. The van der Waals surface area contributed by atoms with Gasteiger partial charge in [-0.2, -0.15) is 13.2 Å². The summed E-state index contributed by atoms with van der Waals surface area (Å²) in [6.07, 6.45) is -2.47. The normalized spacial score (nSPS) is 23.0. The topological polar surface area (TPSA) is 3.24 Å². The molecular formula is C8H13F3N. The molecule has 0 aromatic carbocycles. The molecule has 1 saturated heterocycles. The van der Waals surface area contributed by atoms with Gasteiger partial charge in [0.1, 0.15) is 0 Å². The molecule has 1 aliphatic rings. The maximum absolute atomic E-state index is 11.9. The van der Waals surface area contributed by atoms with Crippen LogP contribution in [0.1, 0.15) is 12.8 Å². The lowest BCUT2D eigenvalue weighted by Crippen LogP contribution is -2.39. The number of hydrogen-bond donors (Lipinski definition) is 0. The number of hydrogen-bond acceptors (Lipinski definition) is 1. The second-order valence-electron chi connectivity index (χ2n) is 3.33. The van der Waals surface area contributed by atoms with E-state index < -0.39 is 12.7 Å². The van der Waals surface area contributed by atoms with Gasteiger partial charge in [-0.1, -0.05) is 6.92 Å². The number of halogens is 3. The molecule has 0 aromatic rings. The van der Waals surface area contributed by atoms with Gasteiger partial charge < -0.3 is 0 Å². The monoisotopic (exact) mass is 180 g/mol.